The number of halogens is 1. The SMILES string of the molecule is Cc1ccc(-n2nc(C)c(C(=O)N3CCN(C)CC3)n2)cc1Cl. The Morgan fingerprint density at radius 1 is 1.13 bits per heavy atom. The van der Waals surface area contributed by atoms with E-state index in [9.17, 15) is 4.79 Å². The molecule has 1 aromatic carbocycles. The van der Waals surface area contributed by atoms with Gasteiger partial charge < -0.3 is 9.80 Å². The van der Waals surface area contributed by atoms with Gasteiger partial charge in [-0.1, -0.05) is 17.7 Å². The summed E-state index contributed by atoms with van der Waals surface area (Å²) >= 11 is 6.16. The second-order valence-corrected chi connectivity index (χ2v) is 6.36. The van der Waals surface area contributed by atoms with Gasteiger partial charge in [0.1, 0.15) is 0 Å². The summed E-state index contributed by atoms with van der Waals surface area (Å²) in [5.41, 5.74) is 2.78. The number of hydrogen-bond acceptors (Lipinski definition) is 4. The molecule has 1 aliphatic heterocycles. The van der Waals surface area contributed by atoms with Crippen LogP contribution < -0.4 is 0 Å². The Balaban J connectivity index is 1.85. The molecule has 0 atom stereocenters. The molecule has 122 valence electrons. The van der Waals surface area contributed by atoms with Crippen molar-refractivity contribution in [3.63, 3.8) is 0 Å². The van der Waals surface area contributed by atoms with E-state index in [2.05, 4.69) is 22.1 Å². The third kappa shape index (κ3) is 3.23. The summed E-state index contributed by atoms with van der Waals surface area (Å²) in [5.74, 6) is -0.0555. The monoisotopic (exact) mass is 333 g/mol. The molecule has 1 aromatic heterocycles. The van der Waals surface area contributed by atoms with E-state index in [4.69, 9.17) is 11.6 Å². The van der Waals surface area contributed by atoms with Gasteiger partial charge in [-0.3, -0.25) is 4.79 Å². The fraction of sp³-hybridized carbons (Fsp3) is 0.438. The Morgan fingerprint density at radius 3 is 2.48 bits per heavy atom. The van der Waals surface area contributed by atoms with Gasteiger partial charge in [0.05, 0.1) is 11.4 Å². The van der Waals surface area contributed by atoms with Crippen molar-refractivity contribution in [2.45, 2.75) is 13.8 Å². The minimum atomic E-state index is -0.0555. The molecular formula is C16H20ClN5O. The molecule has 1 fully saturated rings. The highest BCUT2D eigenvalue weighted by Gasteiger charge is 2.25. The number of carbonyl (C=O) groups is 1. The Morgan fingerprint density at radius 2 is 1.83 bits per heavy atom. The summed E-state index contributed by atoms with van der Waals surface area (Å²) in [4.78, 5) is 18.2. The van der Waals surface area contributed by atoms with Crippen LogP contribution in [0.1, 0.15) is 21.7 Å². The van der Waals surface area contributed by atoms with Gasteiger partial charge in [0.2, 0.25) is 0 Å². The van der Waals surface area contributed by atoms with E-state index in [1.165, 1.54) is 4.80 Å². The number of amides is 1. The lowest BCUT2D eigenvalue weighted by Gasteiger charge is -2.31. The molecule has 23 heavy (non-hydrogen) atoms. The standard InChI is InChI=1S/C16H20ClN5O/c1-11-4-5-13(10-14(11)17)22-18-12(2)15(19-22)16(23)21-8-6-20(3)7-9-21/h4-5,10H,6-9H2,1-3H3. The lowest BCUT2D eigenvalue weighted by Crippen LogP contribution is -2.47. The zero-order valence-corrected chi connectivity index (χ0v) is 14.3. The summed E-state index contributed by atoms with van der Waals surface area (Å²) in [6.45, 7) is 6.95. The molecule has 6 nitrogen and oxygen atoms in total. The van der Waals surface area contributed by atoms with Gasteiger partial charge in [0, 0.05) is 31.2 Å². The number of aryl methyl sites for hydroxylation is 2. The van der Waals surface area contributed by atoms with Crippen molar-refractivity contribution < 1.29 is 4.79 Å². The molecule has 0 spiro atoms. The van der Waals surface area contributed by atoms with Crippen LogP contribution in [-0.2, 0) is 0 Å². The van der Waals surface area contributed by atoms with Crippen LogP contribution in [0.3, 0.4) is 0 Å². The smallest absolute Gasteiger partial charge is 0.276 e. The molecule has 2 heterocycles. The normalized spacial score (nSPS) is 15.9. The van der Waals surface area contributed by atoms with Gasteiger partial charge in [-0.2, -0.15) is 9.90 Å². The molecule has 0 unspecified atom stereocenters. The maximum Gasteiger partial charge on any atom is 0.276 e. The number of benzene rings is 1. The second kappa shape index (κ2) is 6.29. The Kier molecular flexibility index (Phi) is 4.37. The number of aromatic nitrogens is 3. The van der Waals surface area contributed by atoms with Crippen LogP contribution in [0.4, 0.5) is 0 Å². The molecule has 0 aliphatic carbocycles. The number of piperazine rings is 1. The first kappa shape index (κ1) is 16.0. The highest BCUT2D eigenvalue weighted by atomic mass is 35.5. The van der Waals surface area contributed by atoms with E-state index in [1.807, 2.05) is 30.9 Å². The van der Waals surface area contributed by atoms with Crippen molar-refractivity contribution in [2.75, 3.05) is 33.2 Å². The number of nitrogens with zero attached hydrogens (tertiary/aromatic N) is 5. The van der Waals surface area contributed by atoms with E-state index < -0.39 is 0 Å². The molecule has 1 aliphatic rings. The van der Waals surface area contributed by atoms with Gasteiger partial charge >= 0.3 is 0 Å². The number of likely N-dealkylation sites (N-methyl/N-ethyl adjacent to an activating group) is 1. The van der Waals surface area contributed by atoms with Gasteiger partial charge in [-0.15, -0.1) is 5.10 Å². The van der Waals surface area contributed by atoms with Crippen LogP contribution in [0.2, 0.25) is 5.02 Å². The zero-order chi connectivity index (χ0) is 16.6. The fourth-order valence-corrected chi connectivity index (χ4v) is 2.73. The van der Waals surface area contributed by atoms with E-state index in [1.54, 1.807) is 6.07 Å². The Labute approximate surface area is 140 Å². The average molecular weight is 334 g/mol. The number of rotatable bonds is 2. The third-order valence-corrected chi connectivity index (χ3v) is 4.57. The predicted octanol–water partition coefficient (Wildman–Crippen LogP) is 1.93. The summed E-state index contributed by atoms with van der Waals surface area (Å²) < 4.78 is 0. The first-order valence-electron chi connectivity index (χ1n) is 7.64. The highest BCUT2D eigenvalue weighted by molar-refractivity contribution is 6.31. The van der Waals surface area contributed by atoms with Crippen LogP contribution in [0, 0.1) is 13.8 Å². The molecule has 0 radical (unpaired) electrons. The van der Waals surface area contributed by atoms with Crippen LogP contribution >= 0.6 is 11.6 Å². The molecule has 1 amide bonds. The molecule has 1 saturated heterocycles. The lowest BCUT2D eigenvalue weighted by molar-refractivity contribution is 0.0657. The zero-order valence-electron chi connectivity index (χ0n) is 13.6. The van der Waals surface area contributed by atoms with Crippen molar-refractivity contribution in [3.8, 4) is 5.69 Å². The van der Waals surface area contributed by atoms with Crippen LogP contribution in [-0.4, -0.2) is 63.9 Å². The molecule has 0 saturated carbocycles. The van der Waals surface area contributed by atoms with Crippen molar-refractivity contribution >= 4 is 17.5 Å². The van der Waals surface area contributed by atoms with Crippen molar-refractivity contribution in [1.29, 1.82) is 0 Å². The van der Waals surface area contributed by atoms with Gasteiger partial charge in [-0.25, -0.2) is 0 Å². The van der Waals surface area contributed by atoms with Crippen molar-refractivity contribution in [2.24, 2.45) is 0 Å². The predicted molar refractivity (Wildman–Crippen MR) is 89.2 cm³/mol. The van der Waals surface area contributed by atoms with E-state index in [0.717, 1.165) is 37.4 Å². The van der Waals surface area contributed by atoms with Crippen LogP contribution in [0.25, 0.3) is 5.69 Å². The molecule has 0 N–H and O–H groups in total. The topological polar surface area (TPSA) is 54.3 Å². The van der Waals surface area contributed by atoms with Crippen LogP contribution in [0.5, 0.6) is 0 Å². The first-order chi connectivity index (χ1) is 11.0. The van der Waals surface area contributed by atoms with E-state index in [-0.39, 0.29) is 5.91 Å². The van der Waals surface area contributed by atoms with Gasteiger partial charge in [0.15, 0.2) is 5.69 Å². The number of carbonyl (C=O) groups excluding carboxylic acids is 1. The molecule has 7 heteroatoms. The minimum Gasteiger partial charge on any atom is -0.335 e. The summed E-state index contributed by atoms with van der Waals surface area (Å²) in [5, 5.41) is 9.42. The third-order valence-electron chi connectivity index (χ3n) is 4.16. The molecule has 0 bridgehead atoms. The molecule has 3 rings (SSSR count). The minimum absolute atomic E-state index is 0.0555. The average Bonchev–Trinajstić information content (AvgIpc) is 2.92. The van der Waals surface area contributed by atoms with Crippen LogP contribution in [0.15, 0.2) is 18.2 Å². The maximum absolute atomic E-state index is 12.7. The Bertz CT molecular complexity index is 734. The fourth-order valence-electron chi connectivity index (χ4n) is 2.56. The lowest BCUT2D eigenvalue weighted by atomic mass is 10.2. The van der Waals surface area contributed by atoms with Crippen molar-refractivity contribution in [3.05, 3.63) is 40.2 Å². The maximum atomic E-state index is 12.7. The second-order valence-electron chi connectivity index (χ2n) is 5.95. The Hall–Kier alpha value is -1.92. The largest absolute Gasteiger partial charge is 0.335 e. The summed E-state index contributed by atoms with van der Waals surface area (Å²) in [6.07, 6.45) is 0. The quantitative estimate of drug-likeness (QED) is 0.842. The van der Waals surface area contributed by atoms with Gasteiger partial charge in [0.25, 0.3) is 5.91 Å². The van der Waals surface area contributed by atoms with Gasteiger partial charge in [-0.05, 0) is 38.6 Å². The van der Waals surface area contributed by atoms with Crippen molar-refractivity contribution in [1.82, 2.24) is 24.8 Å². The number of hydrogen-bond donors (Lipinski definition) is 0. The molecule has 2 aromatic rings. The van der Waals surface area contributed by atoms with E-state index >= 15 is 0 Å². The summed E-state index contributed by atoms with van der Waals surface area (Å²) in [7, 11) is 2.06. The summed E-state index contributed by atoms with van der Waals surface area (Å²) in [6, 6.07) is 5.61. The first-order valence-corrected chi connectivity index (χ1v) is 8.02. The highest BCUT2D eigenvalue weighted by Crippen LogP contribution is 2.19. The molecular weight excluding hydrogens is 314 g/mol. The van der Waals surface area contributed by atoms with E-state index in [0.29, 0.717) is 16.4 Å².